The Morgan fingerprint density at radius 3 is 2.46 bits per heavy atom. The molecule has 8 heteroatoms. The Hall–Kier alpha value is -2.48. The summed E-state index contributed by atoms with van der Waals surface area (Å²) in [5.74, 6) is -1.10. The molecule has 3 rings (SSSR count). The van der Waals surface area contributed by atoms with Crippen LogP contribution in [0.15, 0.2) is 12.1 Å². The van der Waals surface area contributed by atoms with Crippen molar-refractivity contribution in [2.24, 2.45) is 0 Å². The molecule has 24 heavy (non-hydrogen) atoms. The number of halogens is 1. The molecule has 0 spiro atoms. The second kappa shape index (κ2) is 5.86. The molecule has 1 saturated heterocycles. The number of aromatic nitrogens is 2. The van der Waals surface area contributed by atoms with E-state index in [9.17, 15) is 19.3 Å². The minimum Gasteiger partial charge on any atom is -0.805 e. The maximum Gasteiger partial charge on any atom is 0.324 e. The van der Waals surface area contributed by atoms with Gasteiger partial charge in [-0.2, -0.15) is 0 Å². The van der Waals surface area contributed by atoms with Gasteiger partial charge in [-0.15, -0.1) is 0 Å². The Labute approximate surface area is 138 Å². The zero-order chi connectivity index (χ0) is 17.6. The topological polar surface area (TPSA) is 74.5 Å². The van der Waals surface area contributed by atoms with Crippen LogP contribution in [-0.4, -0.2) is 48.6 Å². The zero-order valence-electron chi connectivity index (χ0n) is 13.9. The molecular weight excluding hydrogens is 315 g/mol. The highest BCUT2D eigenvalue weighted by Crippen LogP contribution is 2.26. The molecule has 0 aliphatic carbocycles. The molecule has 0 radical (unpaired) electrons. The molecule has 7 nitrogen and oxygen atoms in total. The molecule has 0 N–H and O–H groups in total. The van der Waals surface area contributed by atoms with Crippen LogP contribution in [-0.2, 0) is 0 Å². The number of benzene rings is 1. The molecule has 0 amide bonds. The van der Waals surface area contributed by atoms with Crippen LogP contribution in [0.25, 0.3) is 11.0 Å². The molecule has 128 valence electrons. The van der Waals surface area contributed by atoms with Crippen molar-refractivity contribution in [2.75, 3.05) is 38.1 Å². The molecule has 1 aromatic carbocycles. The third-order valence-corrected chi connectivity index (χ3v) is 4.51. The van der Waals surface area contributed by atoms with Gasteiger partial charge in [-0.1, -0.05) is 0 Å². The number of rotatable bonds is 2. The van der Waals surface area contributed by atoms with Crippen LogP contribution in [0.3, 0.4) is 0 Å². The van der Waals surface area contributed by atoms with E-state index in [1.807, 2.05) is 11.9 Å². The first kappa shape index (κ1) is 16.4. The molecule has 1 fully saturated rings. The predicted molar refractivity (Wildman–Crippen MR) is 88.5 cm³/mol. The van der Waals surface area contributed by atoms with Gasteiger partial charge in [0.1, 0.15) is 5.52 Å². The summed E-state index contributed by atoms with van der Waals surface area (Å²) in [5, 5.41) is 12.5. The molecule has 1 aliphatic heterocycles. The highest BCUT2D eigenvalue weighted by atomic mass is 19.1. The second-order valence-corrected chi connectivity index (χ2v) is 6.16. The molecular formula is C16H19FN4O3. The van der Waals surface area contributed by atoms with Crippen molar-refractivity contribution in [2.45, 2.75) is 13.8 Å². The van der Waals surface area contributed by atoms with Gasteiger partial charge < -0.3 is 19.7 Å². The number of piperazine rings is 1. The minimum atomic E-state index is -0.574. The Morgan fingerprint density at radius 2 is 1.88 bits per heavy atom. The van der Waals surface area contributed by atoms with Crippen molar-refractivity contribution in [1.29, 1.82) is 0 Å². The highest BCUT2D eigenvalue weighted by Gasteiger charge is 2.26. The Bertz CT molecular complexity index is 885. The third kappa shape index (κ3) is 2.52. The lowest BCUT2D eigenvalue weighted by Crippen LogP contribution is -2.44. The second-order valence-electron chi connectivity index (χ2n) is 6.16. The molecule has 0 atom stereocenters. The zero-order valence-corrected chi connectivity index (χ0v) is 13.9. The summed E-state index contributed by atoms with van der Waals surface area (Å²) in [6, 6.07) is 2.44. The first-order valence-electron chi connectivity index (χ1n) is 7.74. The van der Waals surface area contributed by atoms with Gasteiger partial charge in [0, 0.05) is 38.0 Å². The molecule has 0 unspecified atom stereocenters. The standard InChI is InChI=1S/C16H19FN4O3/c1-10-16(11(2)22)21(24)14-8-12(17)13(9-15(14)20(10)23)19-6-4-18(3)5-7-19/h8-9H,4-7H2,1-3H3. The van der Waals surface area contributed by atoms with Crippen LogP contribution in [0, 0.1) is 22.9 Å². The Morgan fingerprint density at radius 1 is 1.25 bits per heavy atom. The third-order valence-electron chi connectivity index (χ3n) is 4.51. The number of Topliss-reactive ketones (excluding diaryl/α,β-unsaturated/α-hetero) is 1. The summed E-state index contributed by atoms with van der Waals surface area (Å²) in [6.45, 7) is 5.48. The number of carbonyl (C=O) groups is 1. The summed E-state index contributed by atoms with van der Waals surface area (Å²) >= 11 is 0. The average Bonchev–Trinajstić information content (AvgIpc) is 2.53. The summed E-state index contributed by atoms with van der Waals surface area (Å²) in [4.78, 5) is 28.0. The SMILES string of the molecule is CC(=O)c1c(C)n([O-])c2cc(N3CCN(C)CC3)c(F)cc2[n+]1=O. The van der Waals surface area contributed by atoms with E-state index in [1.165, 1.54) is 19.9 Å². The fourth-order valence-electron chi connectivity index (χ4n) is 3.10. The number of fused-ring (bicyclic) bond motifs is 1. The summed E-state index contributed by atoms with van der Waals surface area (Å²) in [6.07, 6.45) is 0. The predicted octanol–water partition coefficient (Wildman–Crippen LogP) is 1.30. The van der Waals surface area contributed by atoms with Crippen molar-refractivity contribution in [3.8, 4) is 0 Å². The van der Waals surface area contributed by atoms with Gasteiger partial charge in [0.05, 0.1) is 21.9 Å². The number of hydrogen-bond acceptors (Lipinski definition) is 5. The minimum absolute atomic E-state index is 0.0148. The number of carbonyl (C=O) groups excluding carboxylic acids is 1. The van der Waals surface area contributed by atoms with Crippen molar-refractivity contribution in [3.63, 3.8) is 0 Å². The highest BCUT2D eigenvalue weighted by molar-refractivity contribution is 5.93. The number of ketones is 1. The summed E-state index contributed by atoms with van der Waals surface area (Å²) < 4.78 is 15.4. The van der Waals surface area contributed by atoms with Crippen molar-refractivity contribution in [3.05, 3.63) is 39.5 Å². The van der Waals surface area contributed by atoms with Gasteiger partial charge in [0.15, 0.2) is 5.82 Å². The van der Waals surface area contributed by atoms with Gasteiger partial charge in [0.25, 0.3) is 5.52 Å². The van der Waals surface area contributed by atoms with Gasteiger partial charge in [-0.25, -0.2) is 4.39 Å². The van der Waals surface area contributed by atoms with E-state index in [0.29, 0.717) is 27.9 Å². The molecule has 0 bridgehead atoms. The quantitative estimate of drug-likeness (QED) is 0.611. The lowest BCUT2D eigenvalue weighted by atomic mass is 10.1. The van der Waals surface area contributed by atoms with Gasteiger partial charge in [-0.3, -0.25) is 4.79 Å². The fourth-order valence-corrected chi connectivity index (χ4v) is 3.10. The average molecular weight is 334 g/mol. The number of nitrogens with zero attached hydrogens (tertiary/aromatic N) is 4. The van der Waals surface area contributed by atoms with E-state index < -0.39 is 11.6 Å². The first-order valence-corrected chi connectivity index (χ1v) is 7.74. The van der Waals surface area contributed by atoms with E-state index in [-0.39, 0.29) is 22.4 Å². The van der Waals surface area contributed by atoms with E-state index in [1.54, 1.807) is 0 Å². The van der Waals surface area contributed by atoms with Crippen molar-refractivity contribution < 1.29 is 13.6 Å². The number of hydrogen-bond donors (Lipinski definition) is 0. The van der Waals surface area contributed by atoms with E-state index >= 15 is 0 Å². The molecule has 2 aromatic rings. The molecule has 2 heterocycles. The van der Waals surface area contributed by atoms with Crippen LogP contribution in [0.4, 0.5) is 10.1 Å². The largest absolute Gasteiger partial charge is 0.805 e. The Kier molecular flexibility index (Phi) is 4.00. The molecule has 1 aliphatic rings. The maximum absolute atomic E-state index is 14.5. The smallest absolute Gasteiger partial charge is 0.324 e. The summed E-state index contributed by atoms with van der Waals surface area (Å²) in [5.41, 5.74) is -0.0284. The lowest BCUT2D eigenvalue weighted by molar-refractivity contribution is -0.468. The number of anilines is 1. The first-order chi connectivity index (χ1) is 11.3. The fraction of sp³-hybridized carbons (Fsp3) is 0.438. The van der Waals surface area contributed by atoms with Crippen LogP contribution in [0.1, 0.15) is 23.1 Å². The maximum atomic E-state index is 14.5. The van der Waals surface area contributed by atoms with Crippen LogP contribution >= 0.6 is 0 Å². The van der Waals surface area contributed by atoms with Gasteiger partial charge in [0.2, 0.25) is 5.78 Å². The van der Waals surface area contributed by atoms with Crippen molar-refractivity contribution in [1.82, 2.24) is 9.63 Å². The Balaban J connectivity index is 2.21. The van der Waals surface area contributed by atoms with Crippen LogP contribution in [0.5, 0.6) is 0 Å². The molecule has 1 aromatic heterocycles. The van der Waals surface area contributed by atoms with Gasteiger partial charge in [-0.05, 0) is 20.0 Å². The van der Waals surface area contributed by atoms with E-state index in [0.717, 1.165) is 19.2 Å². The van der Waals surface area contributed by atoms with E-state index in [2.05, 4.69) is 4.90 Å². The summed E-state index contributed by atoms with van der Waals surface area (Å²) in [7, 11) is 1.99. The monoisotopic (exact) mass is 334 g/mol. The van der Waals surface area contributed by atoms with Crippen molar-refractivity contribution >= 4 is 22.5 Å². The lowest BCUT2D eigenvalue weighted by Gasteiger charge is -2.34. The van der Waals surface area contributed by atoms with Gasteiger partial charge >= 0.3 is 5.69 Å². The number of likely N-dealkylation sites (N-methyl/N-ethyl adjacent to an activating group) is 1. The van der Waals surface area contributed by atoms with E-state index in [4.69, 9.17) is 0 Å². The normalized spacial score (nSPS) is 15.9. The van der Waals surface area contributed by atoms with Crippen LogP contribution in [0.2, 0.25) is 0 Å². The molecule has 0 saturated carbocycles. The van der Waals surface area contributed by atoms with Crippen LogP contribution < -0.4 is 9.33 Å².